The number of piperidine rings is 1. The monoisotopic (exact) mass is 292 g/mol. The van der Waals surface area contributed by atoms with Crippen LogP contribution in [0.5, 0.6) is 0 Å². The average molecular weight is 292 g/mol. The fourth-order valence-corrected chi connectivity index (χ4v) is 2.44. The summed E-state index contributed by atoms with van der Waals surface area (Å²) in [5.41, 5.74) is 6.81. The van der Waals surface area contributed by atoms with E-state index in [9.17, 15) is 9.59 Å². The Kier molecular flexibility index (Phi) is 5.16. The van der Waals surface area contributed by atoms with E-state index >= 15 is 0 Å². The molecule has 6 nitrogen and oxygen atoms in total. The summed E-state index contributed by atoms with van der Waals surface area (Å²) in [6.45, 7) is 0.878. The number of nitrogens with zero attached hydrogens (tertiary/aromatic N) is 1. The number of nitrogens with two attached hydrogens (primary N) is 1. The molecule has 0 radical (unpaired) electrons. The molecule has 1 aliphatic rings. The molecule has 1 fully saturated rings. The predicted molar refractivity (Wildman–Crippen MR) is 76.3 cm³/mol. The molecule has 6 heteroatoms. The second-order valence-electron chi connectivity index (χ2n) is 5.16. The van der Waals surface area contributed by atoms with Crippen LogP contribution >= 0.6 is 0 Å². The van der Waals surface area contributed by atoms with Gasteiger partial charge in [0.15, 0.2) is 0 Å². The number of benzene rings is 1. The summed E-state index contributed by atoms with van der Waals surface area (Å²) >= 11 is 0. The minimum atomic E-state index is -0.456. The van der Waals surface area contributed by atoms with Crippen LogP contribution in [0, 0.1) is 5.92 Å². The van der Waals surface area contributed by atoms with Crippen LogP contribution in [0.2, 0.25) is 0 Å². The highest BCUT2D eigenvalue weighted by Gasteiger charge is 2.33. The number of carbonyl (C=O) groups is 2. The maximum Gasteiger partial charge on any atom is 0.410 e. The molecule has 114 valence electrons. The molecule has 0 spiro atoms. The van der Waals surface area contributed by atoms with Crippen molar-refractivity contribution in [2.75, 3.05) is 20.2 Å². The lowest BCUT2D eigenvalue weighted by Crippen LogP contribution is -2.51. The van der Waals surface area contributed by atoms with Gasteiger partial charge in [0.1, 0.15) is 6.61 Å². The smallest absolute Gasteiger partial charge is 0.410 e. The molecule has 1 heterocycles. The van der Waals surface area contributed by atoms with Gasteiger partial charge in [-0.3, -0.25) is 4.79 Å². The van der Waals surface area contributed by atoms with Gasteiger partial charge in [-0.1, -0.05) is 30.3 Å². The summed E-state index contributed by atoms with van der Waals surface area (Å²) in [7, 11) is 1.33. The quantitative estimate of drug-likeness (QED) is 0.845. The van der Waals surface area contributed by atoms with Crippen LogP contribution in [0.15, 0.2) is 30.3 Å². The van der Waals surface area contributed by atoms with Gasteiger partial charge in [0, 0.05) is 19.1 Å². The third-order valence-electron chi connectivity index (χ3n) is 3.48. The Labute approximate surface area is 123 Å². The van der Waals surface area contributed by atoms with E-state index < -0.39 is 6.09 Å². The summed E-state index contributed by atoms with van der Waals surface area (Å²) in [6.07, 6.45) is 0.0673. The van der Waals surface area contributed by atoms with Gasteiger partial charge < -0.3 is 20.1 Å². The SMILES string of the molecule is COC(=O)C1CC(N)CN(C(=O)OCc2ccccc2)C1. The lowest BCUT2D eigenvalue weighted by Gasteiger charge is -2.34. The van der Waals surface area contributed by atoms with E-state index in [2.05, 4.69) is 0 Å². The number of ether oxygens (including phenoxy) is 2. The molecule has 21 heavy (non-hydrogen) atoms. The number of likely N-dealkylation sites (tertiary alicyclic amines) is 1. The van der Waals surface area contributed by atoms with Crippen molar-refractivity contribution in [1.29, 1.82) is 0 Å². The normalized spacial score (nSPS) is 21.7. The van der Waals surface area contributed by atoms with Crippen LogP contribution < -0.4 is 5.73 Å². The molecule has 1 aliphatic heterocycles. The Morgan fingerprint density at radius 1 is 1.29 bits per heavy atom. The first kappa shape index (κ1) is 15.3. The Balaban J connectivity index is 1.90. The number of esters is 1. The predicted octanol–water partition coefficient (Wildman–Crippen LogP) is 1.15. The van der Waals surface area contributed by atoms with Gasteiger partial charge in [0.05, 0.1) is 13.0 Å². The van der Waals surface area contributed by atoms with E-state index in [1.165, 1.54) is 12.0 Å². The minimum absolute atomic E-state index is 0.203. The van der Waals surface area contributed by atoms with Gasteiger partial charge >= 0.3 is 12.1 Å². The van der Waals surface area contributed by atoms with Crippen molar-refractivity contribution >= 4 is 12.1 Å². The summed E-state index contributed by atoms with van der Waals surface area (Å²) in [4.78, 5) is 25.1. The van der Waals surface area contributed by atoms with Crippen molar-refractivity contribution in [2.45, 2.75) is 19.1 Å². The highest BCUT2D eigenvalue weighted by Crippen LogP contribution is 2.18. The first-order valence-corrected chi connectivity index (χ1v) is 6.89. The van der Waals surface area contributed by atoms with Gasteiger partial charge in [0.2, 0.25) is 0 Å². The van der Waals surface area contributed by atoms with E-state index in [1.807, 2.05) is 30.3 Å². The van der Waals surface area contributed by atoms with Crippen LogP contribution in [0.4, 0.5) is 4.79 Å². The third-order valence-corrected chi connectivity index (χ3v) is 3.48. The molecule has 1 saturated heterocycles. The van der Waals surface area contributed by atoms with Crippen molar-refractivity contribution < 1.29 is 19.1 Å². The molecule has 2 atom stereocenters. The van der Waals surface area contributed by atoms with Gasteiger partial charge in [-0.2, -0.15) is 0 Å². The molecular formula is C15H20N2O4. The van der Waals surface area contributed by atoms with E-state index in [0.29, 0.717) is 13.0 Å². The van der Waals surface area contributed by atoms with Crippen LogP contribution in [-0.4, -0.2) is 43.2 Å². The molecule has 0 aromatic heterocycles. The largest absolute Gasteiger partial charge is 0.469 e. The summed E-state index contributed by atoms with van der Waals surface area (Å²) in [5, 5.41) is 0. The van der Waals surface area contributed by atoms with Gasteiger partial charge in [-0.05, 0) is 12.0 Å². The zero-order chi connectivity index (χ0) is 15.2. The Hall–Kier alpha value is -2.08. The summed E-state index contributed by atoms with van der Waals surface area (Å²) in [6, 6.07) is 9.18. The highest BCUT2D eigenvalue weighted by molar-refractivity contribution is 5.75. The minimum Gasteiger partial charge on any atom is -0.469 e. The van der Waals surface area contributed by atoms with Crippen LogP contribution in [0.1, 0.15) is 12.0 Å². The van der Waals surface area contributed by atoms with Crippen molar-refractivity contribution in [3.63, 3.8) is 0 Å². The second-order valence-corrected chi connectivity index (χ2v) is 5.16. The highest BCUT2D eigenvalue weighted by atomic mass is 16.6. The first-order valence-electron chi connectivity index (χ1n) is 6.89. The third kappa shape index (κ3) is 4.19. The zero-order valence-electron chi connectivity index (χ0n) is 12.0. The molecule has 2 N–H and O–H groups in total. The summed E-state index contributed by atoms with van der Waals surface area (Å²) < 4.78 is 9.98. The van der Waals surface area contributed by atoms with Crippen molar-refractivity contribution in [2.24, 2.45) is 11.7 Å². The standard InChI is InChI=1S/C15H20N2O4/c1-20-14(18)12-7-13(16)9-17(8-12)15(19)21-10-11-5-3-2-4-6-11/h2-6,12-13H,7-10,16H2,1H3. The van der Waals surface area contributed by atoms with Crippen LogP contribution in [0.3, 0.4) is 0 Å². The van der Waals surface area contributed by atoms with Gasteiger partial charge in [0.25, 0.3) is 0 Å². The number of hydrogen-bond donors (Lipinski definition) is 1. The number of rotatable bonds is 3. The van der Waals surface area contributed by atoms with Gasteiger partial charge in [-0.15, -0.1) is 0 Å². The van der Waals surface area contributed by atoms with E-state index in [4.69, 9.17) is 15.2 Å². The van der Waals surface area contributed by atoms with Crippen LogP contribution in [-0.2, 0) is 20.9 Å². The Bertz CT molecular complexity index is 492. The van der Waals surface area contributed by atoms with Crippen molar-refractivity contribution in [3.8, 4) is 0 Å². The van der Waals surface area contributed by atoms with Crippen molar-refractivity contribution in [1.82, 2.24) is 4.90 Å². The molecule has 2 unspecified atom stereocenters. The molecule has 0 bridgehead atoms. The number of amides is 1. The maximum atomic E-state index is 12.1. The Morgan fingerprint density at radius 2 is 2.00 bits per heavy atom. The fraction of sp³-hybridized carbons (Fsp3) is 0.467. The molecule has 1 amide bonds. The Morgan fingerprint density at radius 3 is 2.67 bits per heavy atom. The molecule has 1 aromatic carbocycles. The second kappa shape index (κ2) is 7.08. The van der Waals surface area contributed by atoms with E-state index in [1.54, 1.807) is 0 Å². The molecule has 1 aromatic rings. The average Bonchev–Trinajstić information content (AvgIpc) is 2.52. The number of methoxy groups -OCH3 is 1. The molecule has 0 saturated carbocycles. The van der Waals surface area contributed by atoms with E-state index in [0.717, 1.165) is 5.56 Å². The lowest BCUT2D eigenvalue weighted by atomic mass is 9.95. The zero-order valence-corrected chi connectivity index (χ0v) is 12.0. The molecule has 0 aliphatic carbocycles. The fourth-order valence-electron chi connectivity index (χ4n) is 2.44. The van der Waals surface area contributed by atoms with E-state index in [-0.39, 0.29) is 31.1 Å². The lowest BCUT2D eigenvalue weighted by molar-refractivity contribution is -0.147. The first-order chi connectivity index (χ1) is 10.1. The maximum absolute atomic E-state index is 12.1. The topological polar surface area (TPSA) is 81.9 Å². The summed E-state index contributed by atoms with van der Waals surface area (Å²) in [5.74, 6) is -0.728. The molecule has 2 rings (SSSR count). The molecular weight excluding hydrogens is 272 g/mol. The van der Waals surface area contributed by atoms with Gasteiger partial charge in [-0.25, -0.2) is 4.79 Å². The number of hydrogen-bond acceptors (Lipinski definition) is 5. The van der Waals surface area contributed by atoms with Crippen molar-refractivity contribution in [3.05, 3.63) is 35.9 Å². The number of carbonyl (C=O) groups excluding carboxylic acids is 2. The van der Waals surface area contributed by atoms with Crippen LogP contribution in [0.25, 0.3) is 0 Å².